The van der Waals surface area contributed by atoms with E-state index in [1.165, 1.54) is 13.2 Å². The molecule has 0 bridgehead atoms. The van der Waals surface area contributed by atoms with Gasteiger partial charge in [0.2, 0.25) is 0 Å². The Morgan fingerprint density at radius 3 is 2.67 bits per heavy atom. The molecule has 1 aromatic rings. The summed E-state index contributed by atoms with van der Waals surface area (Å²) in [7, 11) is 3.12. The highest BCUT2D eigenvalue weighted by Crippen LogP contribution is 2.28. The summed E-state index contributed by atoms with van der Waals surface area (Å²) >= 11 is 0. The highest BCUT2D eigenvalue weighted by molar-refractivity contribution is 5.63. The number of methoxy groups -OCH3 is 2. The van der Waals surface area contributed by atoms with Crippen molar-refractivity contribution in [1.29, 1.82) is 0 Å². The predicted octanol–water partition coefficient (Wildman–Crippen LogP) is 2.46. The molecule has 0 saturated heterocycles. The van der Waals surface area contributed by atoms with Crippen molar-refractivity contribution in [3.05, 3.63) is 28.3 Å². The minimum absolute atomic E-state index is 0.0192. The average molecular weight is 298 g/mol. The van der Waals surface area contributed by atoms with Crippen LogP contribution in [-0.4, -0.2) is 45.5 Å². The molecule has 0 aliphatic carbocycles. The van der Waals surface area contributed by atoms with E-state index in [1.54, 1.807) is 19.2 Å². The predicted molar refractivity (Wildman–Crippen MR) is 80.1 cm³/mol. The molecule has 0 atom stereocenters. The van der Waals surface area contributed by atoms with E-state index >= 15 is 0 Å². The van der Waals surface area contributed by atoms with E-state index in [4.69, 9.17) is 14.2 Å². The first-order valence-corrected chi connectivity index (χ1v) is 6.82. The molecule has 0 fully saturated rings. The lowest BCUT2D eigenvalue weighted by atomic mass is 10.2. The van der Waals surface area contributed by atoms with Gasteiger partial charge in [-0.25, -0.2) is 0 Å². The fourth-order valence-corrected chi connectivity index (χ4v) is 1.74. The molecule has 7 heteroatoms. The third-order valence-corrected chi connectivity index (χ3v) is 2.86. The molecule has 0 aliphatic rings. The van der Waals surface area contributed by atoms with Crippen LogP contribution in [0.2, 0.25) is 0 Å². The highest BCUT2D eigenvalue weighted by atomic mass is 16.6. The van der Waals surface area contributed by atoms with Crippen molar-refractivity contribution in [2.24, 2.45) is 0 Å². The van der Waals surface area contributed by atoms with Gasteiger partial charge in [0.1, 0.15) is 11.4 Å². The first-order valence-electron chi connectivity index (χ1n) is 6.82. The van der Waals surface area contributed by atoms with Gasteiger partial charge in [-0.1, -0.05) is 0 Å². The fraction of sp³-hybridized carbons (Fsp3) is 0.571. The first kappa shape index (κ1) is 17.2. The normalized spacial score (nSPS) is 10.4. The molecule has 0 unspecified atom stereocenters. The Hall–Kier alpha value is -1.86. The summed E-state index contributed by atoms with van der Waals surface area (Å²) in [5.74, 6) is 0.471. The maximum absolute atomic E-state index is 11.0. The van der Waals surface area contributed by atoms with E-state index in [0.29, 0.717) is 37.8 Å². The molecule has 0 aromatic heterocycles. The average Bonchev–Trinajstić information content (AvgIpc) is 2.49. The third kappa shape index (κ3) is 6.42. The first-order chi connectivity index (χ1) is 10.2. The second-order valence-corrected chi connectivity index (χ2v) is 4.38. The van der Waals surface area contributed by atoms with Gasteiger partial charge < -0.3 is 19.5 Å². The molecule has 0 saturated carbocycles. The summed E-state index contributed by atoms with van der Waals surface area (Å²) < 4.78 is 15.2. The van der Waals surface area contributed by atoms with Crippen molar-refractivity contribution >= 4 is 11.4 Å². The minimum Gasteiger partial charge on any atom is -0.496 e. The van der Waals surface area contributed by atoms with Gasteiger partial charge in [0, 0.05) is 20.3 Å². The summed E-state index contributed by atoms with van der Waals surface area (Å²) in [6.45, 7) is 2.50. The number of rotatable bonds is 11. The van der Waals surface area contributed by atoms with E-state index in [0.717, 1.165) is 12.8 Å². The van der Waals surface area contributed by atoms with Crippen LogP contribution < -0.4 is 10.1 Å². The molecule has 1 rings (SSSR count). The van der Waals surface area contributed by atoms with Gasteiger partial charge in [0.05, 0.1) is 31.3 Å². The number of ether oxygens (including phenoxy) is 3. The summed E-state index contributed by atoms with van der Waals surface area (Å²) in [6.07, 6.45) is 1.76. The Morgan fingerprint density at radius 2 is 2.00 bits per heavy atom. The molecule has 0 aliphatic heterocycles. The van der Waals surface area contributed by atoms with Crippen LogP contribution in [0.15, 0.2) is 18.2 Å². The van der Waals surface area contributed by atoms with Crippen molar-refractivity contribution in [2.45, 2.75) is 12.8 Å². The van der Waals surface area contributed by atoms with Crippen molar-refractivity contribution in [3.8, 4) is 5.75 Å². The lowest BCUT2D eigenvalue weighted by Gasteiger charge is -2.08. The Bertz CT molecular complexity index is 439. The molecule has 118 valence electrons. The molecule has 0 amide bonds. The number of nitrogens with one attached hydrogen (secondary N) is 1. The van der Waals surface area contributed by atoms with Crippen LogP contribution in [0, 0.1) is 10.1 Å². The molecule has 0 heterocycles. The molecule has 1 aromatic carbocycles. The second-order valence-electron chi connectivity index (χ2n) is 4.38. The van der Waals surface area contributed by atoms with Crippen molar-refractivity contribution in [2.75, 3.05) is 45.9 Å². The number of nitrogens with zero attached hydrogens (tertiary/aromatic N) is 1. The monoisotopic (exact) mass is 298 g/mol. The number of unbranched alkanes of at least 4 members (excludes halogenated alkanes) is 1. The summed E-state index contributed by atoms with van der Waals surface area (Å²) in [4.78, 5) is 10.6. The zero-order valence-electron chi connectivity index (χ0n) is 12.5. The summed E-state index contributed by atoms with van der Waals surface area (Å²) in [6, 6.07) is 4.77. The zero-order valence-corrected chi connectivity index (χ0v) is 12.5. The van der Waals surface area contributed by atoms with Crippen LogP contribution in [0.25, 0.3) is 0 Å². The fourth-order valence-electron chi connectivity index (χ4n) is 1.74. The molecule has 0 spiro atoms. The van der Waals surface area contributed by atoms with Crippen LogP contribution in [0.5, 0.6) is 5.75 Å². The Labute approximate surface area is 124 Å². The Kier molecular flexibility index (Phi) is 8.15. The number of benzene rings is 1. The SMILES string of the molecule is COCCOCCCCNc1ccc(OC)cc1[N+](=O)[O-]. The standard InChI is InChI=1S/C14H22N2O5/c1-19-9-10-21-8-4-3-7-15-13-6-5-12(20-2)11-14(13)16(17)18/h5-6,11,15H,3-4,7-10H2,1-2H3. The van der Waals surface area contributed by atoms with E-state index in [9.17, 15) is 10.1 Å². The maximum atomic E-state index is 11.0. The quantitative estimate of drug-likeness (QED) is 0.384. The molecule has 1 N–H and O–H groups in total. The van der Waals surface area contributed by atoms with E-state index in [1.807, 2.05) is 0 Å². The van der Waals surface area contributed by atoms with Gasteiger partial charge in [0.25, 0.3) is 5.69 Å². The largest absolute Gasteiger partial charge is 0.496 e. The van der Waals surface area contributed by atoms with E-state index in [2.05, 4.69) is 5.32 Å². The van der Waals surface area contributed by atoms with Crippen molar-refractivity contribution in [3.63, 3.8) is 0 Å². The molecular weight excluding hydrogens is 276 g/mol. The lowest BCUT2D eigenvalue weighted by Crippen LogP contribution is -2.07. The van der Waals surface area contributed by atoms with Crippen LogP contribution in [0.4, 0.5) is 11.4 Å². The smallest absolute Gasteiger partial charge is 0.296 e. The van der Waals surface area contributed by atoms with Crippen LogP contribution >= 0.6 is 0 Å². The van der Waals surface area contributed by atoms with Crippen LogP contribution in [-0.2, 0) is 9.47 Å². The summed E-state index contributed by atoms with van der Waals surface area (Å²) in [5.41, 5.74) is 0.520. The second kappa shape index (κ2) is 9.95. The molecule has 0 radical (unpaired) electrons. The molecule has 21 heavy (non-hydrogen) atoms. The number of anilines is 1. The number of nitro benzene ring substituents is 1. The van der Waals surface area contributed by atoms with Crippen molar-refractivity contribution in [1.82, 2.24) is 0 Å². The molecule has 7 nitrogen and oxygen atoms in total. The van der Waals surface area contributed by atoms with E-state index in [-0.39, 0.29) is 5.69 Å². The summed E-state index contributed by atoms with van der Waals surface area (Å²) in [5, 5.41) is 14.1. The van der Waals surface area contributed by atoms with Crippen LogP contribution in [0.1, 0.15) is 12.8 Å². The topological polar surface area (TPSA) is 82.9 Å². The number of hydrogen-bond donors (Lipinski definition) is 1. The number of nitro groups is 1. The van der Waals surface area contributed by atoms with Gasteiger partial charge in [-0.2, -0.15) is 0 Å². The van der Waals surface area contributed by atoms with Gasteiger partial charge in [0.15, 0.2) is 0 Å². The molecular formula is C14H22N2O5. The van der Waals surface area contributed by atoms with Crippen molar-refractivity contribution < 1.29 is 19.1 Å². The van der Waals surface area contributed by atoms with Gasteiger partial charge >= 0.3 is 0 Å². The highest BCUT2D eigenvalue weighted by Gasteiger charge is 2.14. The maximum Gasteiger partial charge on any atom is 0.296 e. The van der Waals surface area contributed by atoms with Crippen LogP contribution in [0.3, 0.4) is 0 Å². The number of hydrogen-bond acceptors (Lipinski definition) is 6. The van der Waals surface area contributed by atoms with Gasteiger partial charge in [-0.05, 0) is 25.0 Å². The van der Waals surface area contributed by atoms with Gasteiger partial charge in [-0.3, -0.25) is 10.1 Å². The Balaban J connectivity index is 2.33. The third-order valence-electron chi connectivity index (χ3n) is 2.86. The van der Waals surface area contributed by atoms with E-state index < -0.39 is 4.92 Å². The minimum atomic E-state index is -0.418. The van der Waals surface area contributed by atoms with Gasteiger partial charge in [-0.15, -0.1) is 0 Å². The Morgan fingerprint density at radius 1 is 1.19 bits per heavy atom. The zero-order chi connectivity index (χ0) is 15.5. The lowest BCUT2D eigenvalue weighted by molar-refractivity contribution is -0.384.